The summed E-state index contributed by atoms with van der Waals surface area (Å²) in [6.07, 6.45) is 4.83. The number of nitrogens with zero attached hydrogens (tertiary/aromatic N) is 1. The molecule has 18 heavy (non-hydrogen) atoms. The van der Waals surface area contributed by atoms with E-state index in [1.165, 1.54) is 0 Å². The molecular weight excluding hydrogens is 230 g/mol. The maximum Gasteiger partial charge on any atom is 0.220 e. The molecule has 0 aliphatic heterocycles. The molecule has 0 heterocycles. The second kappa shape index (κ2) is 12.8. The van der Waals surface area contributed by atoms with Crippen molar-refractivity contribution in [2.45, 2.75) is 32.1 Å². The Labute approximate surface area is 111 Å². The highest BCUT2D eigenvalue weighted by Gasteiger charge is 2.00. The number of hydrogen-bond donors (Lipinski definition) is 2. The van der Waals surface area contributed by atoms with Crippen LogP contribution in [0.3, 0.4) is 0 Å². The van der Waals surface area contributed by atoms with E-state index in [0.29, 0.717) is 26.2 Å². The summed E-state index contributed by atoms with van der Waals surface area (Å²) in [6.45, 7) is 3.56. The SMILES string of the molecule is CN(C)CCOCCNC(=O)CCCCCCN. The van der Waals surface area contributed by atoms with Gasteiger partial charge in [0.1, 0.15) is 0 Å². The van der Waals surface area contributed by atoms with Crippen LogP contribution in [-0.2, 0) is 9.53 Å². The van der Waals surface area contributed by atoms with E-state index in [4.69, 9.17) is 10.5 Å². The van der Waals surface area contributed by atoms with Crippen LogP contribution in [0.5, 0.6) is 0 Å². The third-order valence-electron chi connectivity index (χ3n) is 2.61. The van der Waals surface area contributed by atoms with Crippen molar-refractivity contribution >= 4 is 5.91 Å². The molecule has 0 spiro atoms. The first-order valence-electron chi connectivity index (χ1n) is 6.86. The maximum absolute atomic E-state index is 11.4. The Morgan fingerprint density at radius 2 is 1.89 bits per heavy atom. The Balaban J connectivity index is 3.17. The van der Waals surface area contributed by atoms with Crippen LogP contribution in [-0.4, -0.2) is 57.8 Å². The van der Waals surface area contributed by atoms with Gasteiger partial charge in [-0.25, -0.2) is 0 Å². The summed E-state index contributed by atoms with van der Waals surface area (Å²) >= 11 is 0. The average molecular weight is 259 g/mol. The highest BCUT2D eigenvalue weighted by atomic mass is 16.5. The Bertz CT molecular complexity index is 199. The van der Waals surface area contributed by atoms with Gasteiger partial charge in [-0.2, -0.15) is 0 Å². The fraction of sp³-hybridized carbons (Fsp3) is 0.923. The fourth-order valence-corrected chi connectivity index (χ4v) is 1.48. The van der Waals surface area contributed by atoms with Gasteiger partial charge >= 0.3 is 0 Å². The number of carbonyl (C=O) groups is 1. The lowest BCUT2D eigenvalue weighted by Crippen LogP contribution is -2.28. The van der Waals surface area contributed by atoms with Crippen molar-refractivity contribution in [1.29, 1.82) is 0 Å². The van der Waals surface area contributed by atoms with E-state index in [2.05, 4.69) is 10.2 Å². The molecule has 5 nitrogen and oxygen atoms in total. The van der Waals surface area contributed by atoms with Crippen LogP contribution in [0.1, 0.15) is 32.1 Å². The van der Waals surface area contributed by atoms with Crippen molar-refractivity contribution in [2.24, 2.45) is 5.73 Å². The normalized spacial score (nSPS) is 10.9. The molecule has 108 valence electrons. The quantitative estimate of drug-likeness (QED) is 0.503. The van der Waals surface area contributed by atoms with Crippen molar-refractivity contribution in [3.63, 3.8) is 0 Å². The monoisotopic (exact) mass is 259 g/mol. The van der Waals surface area contributed by atoms with E-state index in [1.54, 1.807) is 0 Å². The first-order chi connectivity index (χ1) is 8.66. The van der Waals surface area contributed by atoms with Crippen LogP contribution in [0.4, 0.5) is 0 Å². The van der Waals surface area contributed by atoms with Crippen molar-refractivity contribution in [3.8, 4) is 0 Å². The van der Waals surface area contributed by atoms with Crippen LogP contribution in [0.2, 0.25) is 0 Å². The number of hydrogen-bond acceptors (Lipinski definition) is 4. The number of unbranched alkanes of at least 4 members (excludes halogenated alkanes) is 3. The average Bonchev–Trinajstić information content (AvgIpc) is 2.33. The van der Waals surface area contributed by atoms with Gasteiger partial charge in [0, 0.05) is 19.5 Å². The van der Waals surface area contributed by atoms with Crippen LogP contribution in [0.25, 0.3) is 0 Å². The van der Waals surface area contributed by atoms with Crippen LogP contribution in [0, 0.1) is 0 Å². The Hall–Kier alpha value is -0.650. The van der Waals surface area contributed by atoms with E-state index >= 15 is 0 Å². The Kier molecular flexibility index (Phi) is 12.3. The molecule has 0 unspecified atom stereocenters. The zero-order valence-electron chi connectivity index (χ0n) is 11.9. The van der Waals surface area contributed by atoms with E-state index < -0.39 is 0 Å². The minimum Gasteiger partial charge on any atom is -0.378 e. The zero-order valence-corrected chi connectivity index (χ0v) is 11.9. The highest BCUT2D eigenvalue weighted by Crippen LogP contribution is 2.01. The van der Waals surface area contributed by atoms with Crippen LogP contribution in [0.15, 0.2) is 0 Å². The van der Waals surface area contributed by atoms with Crippen molar-refractivity contribution in [3.05, 3.63) is 0 Å². The minimum absolute atomic E-state index is 0.124. The Morgan fingerprint density at radius 1 is 1.17 bits per heavy atom. The lowest BCUT2D eigenvalue weighted by molar-refractivity contribution is -0.121. The first-order valence-corrected chi connectivity index (χ1v) is 6.86. The summed E-state index contributed by atoms with van der Waals surface area (Å²) in [5.74, 6) is 0.124. The third kappa shape index (κ3) is 13.4. The Morgan fingerprint density at radius 3 is 2.56 bits per heavy atom. The number of nitrogens with two attached hydrogens (primary N) is 1. The van der Waals surface area contributed by atoms with Crippen molar-refractivity contribution in [1.82, 2.24) is 10.2 Å². The van der Waals surface area contributed by atoms with E-state index in [-0.39, 0.29) is 5.91 Å². The molecule has 0 saturated carbocycles. The number of carbonyl (C=O) groups excluding carboxylic acids is 1. The molecule has 0 aliphatic rings. The van der Waals surface area contributed by atoms with E-state index in [0.717, 1.165) is 38.8 Å². The molecule has 0 aliphatic carbocycles. The molecule has 0 atom stereocenters. The number of ether oxygens (including phenoxy) is 1. The summed E-state index contributed by atoms with van der Waals surface area (Å²) in [4.78, 5) is 13.5. The molecule has 0 aromatic carbocycles. The second-order valence-corrected chi connectivity index (χ2v) is 4.72. The maximum atomic E-state index is 11.4. The molecule has 0 saturated heterocycles. The number of rotatable bonds is 12. The molecule has 3 N–H and O–H groups in total. The van der Waals surface area contributed by atoms with Gasteiger partial charge in [0.25, 0.3) is 0 Å². The molecule has 5 heteroatoms. The zero-order chi connectivity index (χ0) is 13.6. The van der Waals surface area contributed by atoms with Crippen molar-refractivity contribution < 1.29 is 9.53 Å². The van der Waals surface area contributed by atoms with Crippen molar-refractivity contribution in [2.75, 3.05) is 46.9 Å². The summed E-state index contributed by atoms with van der Waals surface area (Å²) in [6, 6.07) is 0. The minimum atomic E-state index is 0.124. The van der Waals surface area contributed by atoms with Gasteiger partial charge in [0.15, 0.2) is 0 Å². The number of nitrogens with one attached hydrogen (secondary N) is 1. The molecular formula is C13H29N3O2. The first kappa shape index (κ1) is 17.4. The number of amides is 1. The fourth-order valence-electron chi connectivity index (χ4n) is 1.48. The van der Waals surface area contributed by atoms with Gasteiger partial charge in [-0.15, -0.1) is 0 Å². The summed E-state index contributed by atoms with van der Waals surface area (Å²) in [5, 5.41) is 2.86. The molecule has 0 fully saturated rings. The molecule has 0 rings (SSSR count). The van der Waals surface area contributed by atoms with E-state index in [9.17, 15) is 4.79 Å². The topological polar surface area (TPSA) is 67.6 Å². The largest absolute Gasteiger partial charge is 0.378 e. The smallest absolute Gasteiger partial charge is 0.220 e. The predicted molar refractivity (Wildman–Crippen MR) is 74.5 cm³/mol. The third-order valence-corrected chi connectivity index (χ3v) is 2.61. The summed E-state index contributed by atoms with van der Waals surface area (Å²) in [7, 11) is 4.02. The van der Waals surface area contributed by atoms with Gasteiger partial charge in [-0.3, -0.25) is 4.79 Å². The van der Waals surface area contributed by atoms with Gasteiger partial charge in [0.2, 0.25) is 5.91 Å². The van der Waals surface area contributed by atoms with Crippen LogP contribution < -0.4 is 11.1 Å². The van der Waals surface area contributed by atoms with E-state index in [1.807, 2.05) is 14.1 Å². The lowest BCUT2D eigenvalue weighted by Gasteiger charge is -2.10. The molecule has 1 amide bonds. The molecule has 0 aromatic rings. The molecule has 0 radical (unpaired) electrons. The number of likely N-dealkylation sites (N-methyl/N-ethyl adjacent to an activating group) is 1. The highest BCUT2D eigenvalue weighted by molar-refractivity contribution is 5.75. The predicted octanol–water partition coefficient (Wildman–Crippen LogP) is 0.590. The standard InChI is InChI=1S/C13H29N3O2/c1-16(2)10-12-18-11-9-15-13(17)7-5-3-4-6-8-14/h3-12,14H2,1-2H3,(H,15,17). The second-order valence-electron chi connectivity index (χ2n) is 4.72. The van der Waals surface area contributed by atoms with Gasteiger partial charge in [0.05, 0.1) is 13.2 Å². The molecule has 0 aromatic heterocycles. The lowest BCUT2D eigenvalue weighted by atomic mass is 10.1. The van der Waals surface area contributed by atoms with Gasteiger partial charge in [-0.1, -0.05) is 12.8 Å². The summed E-state index contributed by atoms with van der Waals surface area (Å²) in [5.41, 5.74) is 5.40. The van der Waals surface area contributed by atoms with Gasteiger partial charge < -0.3 is 20.7 Å². The van der Waals surface area contributed by atoms with Gasteiger partial charge in [-0.05, 0) is 33.5 Å². The molecule has 0 bridgehead atoms. The van der Waals surface area contributed by atoms with Crippen LogP contribution >= 0.6 is 0 Å². The summed E-state index contributed by atoms with van der Waals surface area (Å²) < 4.78 is 5.38.